The first-order chi connectivity index (χ1) is 12.3. The minimum Gasteiger partial charge on any atom is -0.324 e. The van der Waals surface area contributed by atoms with Gasteiger partial charge in [0.15, 0.2) is 0 Å². The molecule has 0 aromatic heterocycles. The van der Waals surface area contributed by atoms with Crippen LogP contribution in [0.2, 0.25) is 0 Å². The van der Waals surface area contributed by atoms with Gasteiger partial charge in [-0.3, -0.25) is 4.79 Å². The first-order valence-corrected chi connectivity index (χ1v) is 11.1. The molecule has 0 fully saturated rings. The Kier molecular flexibility index (Phi) is 20.2. The van der Waals surface area contributed by atoms with Crippen LogP contribution in [-0.4, -0.2) is 12.3 Å². The molecule has 1 aromatic carbocycles. The molecule has 1 unspecified atom stereocenters. The third kappa shape index (κ3) is 18.1. The molecule has 1 rings (SSSR count). The van der Waals surface area contributed by atoms with E-state index in [0.717, 1.165) is 16.8 Å². The summed E-state index contributed by atoms with van der Waals surface area (Å²) in [5.74, 6) is 1.28. The highest BCUT2D eigenvalue weighted by atomic mass is 79.9. The van der Waals surface area contributed by atoms with Gasteiger partial charge in [-0.1, -0.05) is 107 Å². The van der Waals surface area contributed by atoms with E-state index in [1.807, 2.05) is 26.0 Å². The summed E-state index contributed by atoms with van der Waals surface area (Å²) < 4.78 is 1.15. The van der Waals surface area contributed by atoms with Gasteiger partial charge in [-0.15, -0.1) is 0 Å². The van der Waals surface area contributed by atoms with Gasteiger partial charge in [0.25, 0.3) is 0 Å². The fourth-order valence-corrected chi connectivity index (χ4v) is 2.80. The quantitative estimate of drug-likeness (QED) is 0.448. The summed E-state index contributed by atoms with van der Waals surface area (Å²) in [7, 11) is 0. The molecule has 2 N–H and O–H groups in total. The number of unbranched alkanes of at least 4 members (excludes halogenated alkanes) is 2. The van der Waals surface area contributed by atoms with Gasteiger partial charge in [0.1, 0.15) is 5.78 Å². The Morgan fingerprint density at radius 3 is 1.88 bits per heavy atom. The molecule has 0 amide bonds. The van der Waals surface area contributed by atoms with E-state index >= 15 is 0 Å². The van der Waals surface area contributed by atoms with Crippen LogP contribution in [0.4, 0.5) is 0 Å². The van der Waals surface area contributed by atoms with E-state index in [-0.39, 0.29) is 18.2 Å². The third-order valence-corrected chi connectivity index (χ3v) is 4.94. The molecule has 0 aliphatic heterocycles. The number of ketones is 1. The number of hydrogen-bond donors (Lipinski definition) is 1. The summed E-state index contributed by atoms with van der Waals surface area (Å²) >= 11 is 3.36. The summed E-state index contributed by atoms with van der Waals surface area (Å²) in [6, 6.07) is 8.21. The Labute approximate surface area is 171 Å². The van der Waals surface area contributed by atoms with Gasteiger partial charge in [0.2, 0.25) is 0 Å². The molecule has 0 bridgehead atoms. The predicted molar refractivity (Wildman–Crippen MR) is 121 cm³/mol. The van der Waals surface area contributed by atoms with Crippen LogP contribution in [0.3, 0.4) is 0 Å². The van der Waals surface area contributed by atoms with Gasteiger partial charge in [-0.25, -0.2) is 0 Å². The molecular weight excluding hydrogens is 386 g/mol. The van der Waals surface area contributed by atoms with Crippen LogP contribution in [0, 0.1) is 18.8 Å². The normalized spacial score (nSPS) is 11.1. The van der Waals surface area contributed by atoms with Crippen LogP contribution in [0.1, 0.15) is 85.1 Å². The molecule has 152 valence electrons. The monoisotopic (exact) mass is 427 g/mol. The molecule has 1 atom stereocenters. The summed E-state index contributed by atoms with van der Waals surface area (Å²) in [6.07, 6.45) is 9.34. The Morgan fingerprint density at radius 2 is 1.62 bits per heavy atom. The zero-order valence-electron chi connectivity index (χ0n) is 18.0. The van der Waals surface area contributed by atoms with Crippen LogP contribution >= 0.6 is 15.9 Å². The van der Waals surface area contributed by atoms with Gasteiger partial charge in [0.05, 0.1) is 6.54 Å². The molecule has 2 nitrogen and oxygen atoms in total. The zero-order chi connectivity index (χ0) is 20.4. The van der Waals surface area contributed by atoms with Gasteiger partial charge < -0.3 is 5.73 Å². The molecular formula is C23H42BrNO. The van der Waals surface area contributed by atoms with E-state index in [0.29, 0.717) is 0 Å². The fraction of sp³-hybridized carbons (Fsp3) is 0.696. The number of nitrogens with two attached hydrogens (primary N) is 1. The van der Waals surface area contributed by atoms with E-state index < -0.39 is 0 Å². The van der Waals surface area contributed by atoms with Gasteiger partial charge in [-0.2, -0.15) is 0 Å². The highest BCUT2D eigenvalue weighted by Crippen LogP contribution is 2.14. The van der Waals surface area contributed by atoms with Gasteiger partial charge in [-0.05, 0) is 31.4 Å². The summed E-state index contributed by atoms with van der Waals surface area (Å²) in [4.78, 5) is 10.6. The molecule has 1 aromatic rings. The van der Waals surface area contributed by atoms with Crippen LogP contribution in [0.5, 0.6) is 0 Å². The van der Waals surface area contributed by atoms with E-state index in [9.17, 15) is 4.79 Å². The topological polar surface area (TPSA) is 43.1 Å². The number of rotatable bonds is 9. The van der Waals surface area contributed by atoms with Crippen molar-refractivity contribution in [3.8, 4) is 0 Å². The maximum absolute atomic E-state index is 10.6. The number of benzene rings is 1. The minimum atomic E-state index is 0.153. The Bertz CT molecular complexity index is 422. The smallest absolute Gasteiger partial charge is 0.149 e. The second-order valence-electron chi connectivity index (χ2n) is 7.17. The first kappa shape index (κ1) is 27.5. The Hall–Kier alpha value is -0.670. The fourth-order valence-electron chi connectivity index (χ4n) is 2.28. The summed E-state index contributed by atoms with van der Waals surface area (Å²) in [6.45, 7) is 13.1. The maximum Gasteiger partial charge on any atom is 0.149 e. The Balaban J connectivity index is 0. The molecule has 0 saturated carbocycles. The molecule has 3 heteroatoms. The minimum absolute atomic E-state index is 0.153. The van der Waals surface area contributed by atoms with Crippen LogP contribution in [0.25, 0.3) is 0 Å². The maximum atomic E-state index is 10.6. The molecule has 0 saturated heterocycles. The molecule has 0 spiro atoms. The molecule has 0 aliphatic rings. The van der Waals surface area contributed by atoms with Crippen molar-refractivity contribution >= 4 is 21.7 Å². The molecule has 0 radical (unpaired) electrons. The van der Waals surface area contributed by atoms with Crippen molar-refractivity contribution in [3.05, 3.63) is 34.3 Å². The van der Waals surface area contributed by atoms with Crippen molar-refractivity contribution in [2.45, 2.75) is 86.5 Å². The lowest BCUT2D eigenvalue weighted by Gasteiger charge is -2.08. The second-order valence-corrected chi connectivity index (χ2v) is 8.08. The van der Waals surface area contributed by atoms with E-state index in [1.54, 1.807) is 0 Å². The summed E-state index contributed by atoms with van der Waals surface area (Å²) in [5, 5.41) is 0. The highest BCUT2D eigenvalue weighted by molar-refractivity contribution is 9.10. The number of hydrogen-bond acceptors (Lipinski definition) is 2. The van der Waals surface area contributed by atoms with Crippen molar-refractivity contribution in [1.82, 2.24) is 0 Å². The van der Waals surface area contributed by atoms with Crippen LogP contribution in [-0.2, 0) is 4.79 Å². The van der Waals surface area contributed by atoms with Gasteiger partial charge in [0, 0.05) is 10.4 Å². The second kappa shape index (κ2) is 19.1. The van der Waals surface area contributed by atoms with Crippen molar-refractivity contribution in [1.29, 1.82) is 0 Å². The average molecular weight is 428 g/mol. The number of halogens is 1. The van der Waals surface area contributed by atoms with Crippen molar-refractivity contribution in [2.24, 2.45) is 17.6 Å². The van der Waals surface area contributed by atoms with Crippen LogP contribution < -0.4 is 5.73 Å². The first-order valence-electron chi connectivity index (χ1n) is 10.3. The SMILES string of the molecule is CCC(C)C(=O)CN.CCCCC(C)CCCC.Cc1cccc(Br)c1. The third-order valence-electron chi connectivity index (χ3n) is 4.44. The van der Waals surface area contributed by atoms with Crippen molar-refractivity contribution in [2.75, 3.05) is 6.54 Å². The van der Waals surface area contributed by atoms with E-state index in [2.05, 4.69) is 55.8 Å². The van der Waals surface area contributed by atoms with Gasteiger partial charge >= 0.3 is 0 Å². The average Bonchev–Trinajstić information content (AvgIpc) is 2.64. The molecule has 26 heavy (non-hydrogen) atoms. The Morgan fingerprint density at radius 1 is 1.08 bits per heavy atom. The number of carbonyl (C=O) groups is 1. The number of Topliss-reactive ketones (excluding diaryl/α,β-unsaturated/α-hetero) is 1. The highest BCUT2D eigenvalue weighted by Gasteiger charge is 2.06. The largest absolute Gasteiger partial charge is 0.324 e. The standard InChI is InChI=1S/C10H22.C7H7Br.C6H13NO/c1-4-6-8-10(3)9-7-5-2;1-6-3-2-4-7(8)5-6;1-3-5(2)6(8)4-7/h10H,4-9H2,1-3H3;2-5H,1H3;5H,3-4,7H2,1-2H3. The van der Waals surface area contributed by atoms with Crippen molar-refractivity contribution in [3.63, 3.8) is 0 Å². The van der Waals surface area contributed by atoms with Crippen molar-refractivity contribution < 1.29 is 4.79 Å². The molecule has 0 aliphatic carbocycles. The number of aryl methyl sites for hydroxylation is 1. The van der Waals surface area contributed by atoms with E-state index in [1.165, 1.54) is 44.1 Å². The lowest BCUT2D eigenvalue weighted by molar-refractivity contribution is -0.121. The molecule has 0 heterocycles. The lowest BCUT2D eigenvalue weighted by atomic mass is 9.98. The zero-order valence-corrected chi connectivity index (χ0v) is 19.6. The van der Waals surface area contributed by atoms with Crippen LogP contribution in [0.15, 0.2) is 28.7 Å². The summed E-state index contributed by atoms with van der Waals surface area (Å²) in [5.41, 5.74) is 6.39. The predicted octanol–water partition coefficient (Wildman–Crippen LogP) is 7.32. The van der Waals surface area contributed by atoms with E-state index in [4.69, 9.17) is 5.73 Å². The number of carbonyl (C=O) groups excluding carboxylic acids is 1. The lowest BCUT2D eigenvalue weighted by Crippen LogP contribution is -2.20.